The third kappa shape index (κ3) is 3.85. The van der Waals surface area contributed by atoms with Crippen LogP contribution in [-0.2, 0) is 11.3 Å². The van der Waals surface area contributed by atoms with Crippen molar-refractivity contribution in [3.05, 3.63) is 70.8 Å². The molecule has 0 atom stereocenters. The van der Waals surface area contributed by atoms with Gasteiger partial charge < -0.3 is 14.6 Å². The Balaban J connectivity index is 1.78. The molecule has 3 aromatic rings. The summed E-state index contributed by atoms with van der Waals surface area (Å²) in [6.45, 7) is 2.48. The van der Waals surface area contributed by atoms with Crippen LogP contribution in [0.15, 0.2) is 59.5 Å². The largest absolute Gasteiger partial charge is 0.494 e. The molecule has 0 radical (unpaired) electrons. The monoisotopic (exact) mass is 340 g/mol. The predicted molar refractivity (Wildman–Crippen MR) is 94.4 cm³/mol. The quantitative estimate of drug-likeness (QED) is 0.776. The van der Waals surface area contributed by atoms with E-state index < -0.39 is 5.82 Å². The summed E-state index contributed by atoms with van der Waals surface area (Å²) in [4.78, 5) is 24.1. The number of nitrogens with zero attached hydrogens (tertiary/aromatic N) is 1. The molecule has 1 heterocycles. The SMILES string of the molecule is CCOc1ccc(NC(=O)Cn2ccc(=O)c3cc(F)ccc32)cc1. The molecular weight excluding hydrogens is 323 g/mol. The number of hydrogen-bond acceptors (Lipinski definition) is 3. The molecule has 5 nitrogen and oxygen atoms in total. The van der Waals surface area contributed by atoms with Crippen molar-refractivity contribution in [3.8, 4) is 5.75 Å². The molecule has 0 spiro atoms. The van der Waals surface area contributed by atoms with E-state index >= 15 is 0 Å². The number of benzene rings is 2. The van der Waals surface area contributed by atoms with Gasteiger partial charge in [0.2, 0.25) is 5.91 Å². The molecule has 0 aliphatic rings. The third-order valence-electron chi connectivity index (χ3n) is 3.70. The van der Waals surface area contributed by atoms with Crippen LogP contribution in [-0.4, -0.2) is 17.1 Å². The number of pyridine rings is 1. The fourth-order valence-electron chi connectivity index (χ4n) is 2.58. The van der Waals surface area contributed by atoms with Crippen molar-refractivity contribution in [2.75, 3.05) is 11.9 Å². The molecule has 1 N–H and O–H groups in total. The number of carbonyl (C=O) groups is 1. The van der Waals surface area contributed by atoms with Crippen LogP contribution in [0.1, 0.15) is 6.92 Å². The molecule has 0 bridgehead atoms. The van der Waals surface area contributed by atoms with Gasteiger partial charge in [0.1, 0.15) is 18.1 Å². The summed E-state index contributed by atoms with van der Waals surface area (Å²) in [7, 11) is 0. The van der Waals surface area contributed by atoms with E-state index in [-0.39, 0.29) is 23.3 Å². The Labute approximate surface area is 143 Å². The smallest absolute Gasteiger partial charge is 0.244 e. The molecule has 0 saturated heterocycles. The summed E-state index contributed by atoms with van der Waals surface area (Å²) in [5.41, 5.74) is 0.873. The lowest BCUT2D eigenvalue weighted by atomic mass is 10.2. The molecule has 25 heavy (non-hydrogen) atoms. The fraction of sp³-hybridized carbons (Fsp3) is 0.158. The minimum atomic E-state index is -0.485. The molecule has 0 unspecified atom stereocenters. The van der Waals surface area contributed by atoms with Crippen LogP contribution in [0.5, 0.6) is 5.75 Å². The van der Waals surface area contributed by atoms with E-state index in [1.54, 1.807) is 28.8 Å². The Kier molecular flexibility index (Phi) is 4.79. The Morgan fingerprint density at radius 3 is 2.64 bits per heavy atom. The van der Waals surface area contributed by atoms with Crippen LogP contribution < -0.4 is 15.5 Å². The van der Waals surface area contributed by atoms with E-state index in [4.69, 9.17) is 4.74 Å². The molecule has 128 valence electrons. The molecule has 0 aliphatic heterocycles. The molecule has 0 saturated carbocycles. The first kappa shape index (κ1) is 16.7. The average Bonchev–Trinajstić information content (AvgIpc) is 2.59. The van der Waals surface area contributed by atoms with Crippen molar-refractivity contribution < 1.29 is 13.9 Å². The van der Waals surface area contributed by atoms with Crippen LogP contribution in [0.3, 0.4) is 0 Å². The summed E-state index contributed by atoms with van der Waals surface area (Å²) >= 11 is 0. The van der Waals surface area contributed by atoms with Crippen molar-refractivity contribution in [2.24, 2.45) is 0 Å². The van der Waals surface area contributed by atoms with E-state index in [0.717, 1.165) is 5.75 Å². The van der Waals surface area contributed by atoms with Gasteiger partial charge in [0.15, 0.2) is 5.43 Å². The van der Waals surface area contributed by atoms with E-state index in [9.17, 15) is 14.0 Å². The summed E-state index contributed by atoms with van der Waals surface area (Å²) < 4.78 is 20.3. The first-order valence-electron chi connectivity index (χ1n) is 7.88. The summed E-state index contributed by atoms with van der Waals surface area (Å²) in [5, 5.41) is 3.03. The highest BCUT2D eigenvalue weighted by atomic mass is 19.1. The Morgan fingerprint density at radius 1 is 1.16 bits per heavy atom. The molecule has 3 rings (SSSR count). The highest BCUT2D eigenvalue weighted by molar-refractivity contribution is 5.91. The average molecular weight is 340 g/mol. The predicted octanol–water partition coefficient (Wildman–Crippen LogP) is 3.18. The minimum absolute atomic E-state index is 0.00955. The maximum Gasteiger partial charge on any atom is 0.244 e. The van der Waals surface area contributed by atoms with Gasteiger partial charge in [-0.1, -0.05) is 0 Å². The Bertz CT molecular complexity index is 965. The van der Waals surface area contributed by atoms with Crippen LogP contribution >= 0.6 is 0 Å². The number of rotatable bonds is 5. The van der Waals surface area contributed by atoms with Crippen LogP contribution in [0.2, 0.25) is 0 Å². The van der Waals surface area contributed by atoms with Gasteiger partial charge >= 0.3 is 0 Å². The van der Waals surface area contributed by atoms with Gasteiger partial charge in [-0.25, -0.2) is 4.39 Å². The Hall–Kier alpha value is -3.15. The molecule has 1 aromatic heterocycles. The molecule has 0 fully saturated rings. The van der Waals surface area contributed by atoms with Crippen molar-refractivity contribution in [1.82, 2.24) is 4.57 Å². The zero-order valence-corrected chi connectivity index (χ0v) is 13.7. The number of fused-ring (bicyclic) bond motifs is 1. The lowest BCUT2D eigenvalue weighted by Gasteiger charge is -2.11. The number of aromatic nitrogens is 1. The second-order valence-electron chi connectivity index (χ2n) is 5.47. The van der Waals surface area contributed by atoms with Crippen molar-refractivity contribution >= 4 is 22.5 Å². The van der Waals surface area contributed by atoms with Crippen LogP contribution in [0, 0.1) is 5.82 Å². The second-order valence-corrected chi connectivity index (χ2v) is 5.47. The molecule has 6 heteroatoms. The van der Waals surface area contributed by atoms with E-state index in [0.29, 0.717) is 17.8 Å². The van der Waals surface area contributed by atoms with Gasteiger partial charge in [-0.15, -0.1) is 0 Å². The summed E-state index contributed by atoms with van der Waals surface area (Å²) in [6, 6.07) is 12.3. The van der Waals surface area contributed by atoms with Gasteiger partial charge in [0.25, 0.3) is 0 Å². The zero-order chi connectivity index (χ0) is 17.8. The number of nitrogens with one attached hydrogen (secondary N) is 1. The number of carbonyl (C=O) groups excluding carboxylic acids is 1. The van der Waals surface area contributed by atoms with E-state index in [1.165, 1.54) is 30.5 Å². The van der Waals surface area contributed by atoms with Gasteiger partial charge in [-0.05, 0) is 49.4 Å². The first-order chi connectivity index (χ1) is 12.1. The van der Waals surface area contributed by atoms with Gasteiger partial charge in [-0.3, -0.25) is 9.59 Å². The van der Waals surface area contributed by atoms with Crippen molar-refractivity contribution in [2.45, 2.75) is 13.5 Å². The van der Waals surface area contributed by atoms with Crippen LogP contribution in [0.4, 0.5) is 10.1 Å². The number of halogens is 1. The standard InChI is InChI=1S/C19H17FN2O3/c1-2-25-15-6-4-14(5-7-15)21-19(24)12-22-10-9-18(23)16-11-13(20)3-8-17(16)22/h3-11H,2,12H2,1H3,(H,21,24). The third-order valence-corrected chi connectivity index (χ3v) is 3.70. The topological polar surface area (TPSA) is 60.3 Å². The molecule has 1 amide bonds. The zero-order valence-electron chi connectivity index (χ0n) is 13.7. The molecular formula is C19H17FN2O3. The van der Waals surface area contributed by atoms with Gasteiger partial charge in [0, 0.05) is 23.3 Å². The normalized spacial score (nSPS) is 10.6. The highest BCUT2D eigenvalue weighted by Crippen LogP contribution is 2.16. The number of hydrogen-bond donors (Lipinski definition) is 1. The lowest BCUT2D eigenvalue weighted by molar-refractivity contribution is -0.116. The summed E-state index contributed by atoms with van der Waals surface area (Å²) in [6.07, 6.45) is 1.53. The van der Waals surface area contributed by atoms with Crippen molar-refractivity contribution in [1.29, 1.82) is 0 Å². The van der Waals surface area contributed by atoms with E-state index in [1.807, 2.05) is 6.92 Å². The summed E-state index contributed by atoms with van der Waals surface area (Å²) in [5.74, 6) is -0.00597. The highest BCUT2D eigenvalue weighted by Gasteiger charge is 2.08. The van der Waals surface area contributed by atoms with Gasteiger partial charge in [-0.2, -0.15) is 0 Å². The molecule has 0 aliphatic carbocycles. The molecule has 2 aromatic carbocycles. The second kappa shape index (κ2) is 7.17. The van der Waals surface area contributed by atoms with Crippen molar-refractivity contribution in [3.63, 3.8) is 0 Å². The van der Waals surface area contributed by atoms with Gasteiger partial charge in [0.05, 0.1) is 12.1 Å². The number of anilines is 1. The maximum absolute atomic E-state index is 13.3. The maximum atomic E-state index is 13.3. The van der Waals surface area contributed by atoms with E-state index in [2.05, 4.69) is 5.32 Å². The fourth-order valence-corrected chi connectivity index (χ4v) is 2.58. The number of amides is 1. The first-order valence-corrected chi connectivity index (χ1v) is 7.88. The van der Waals surface area contributed by atoms with Crippen LogP contribution in [0.25, 0.3) is 10.9 Å². The Morgan fingerprint density at radius 2 is 1.92 bits per heavy atom. The lowest BCUT2D eigenvalue weighted by Crippen LogP contribution is -2.20. The minimum Gasteiger partial charge on any atom is -0.494 e. The number of ether oxygens (including phenoxy) is 1.